The number of halogens is 2. The number of sulfonamides is 1. The summed E-state index contributed by atoms with van der Waals surface area (Å²) in [6.45, 7) is 7.26. The van der Waals surface area contributed by atoms with E-state index in [0.29, 0.717) is 17.9 Å². The summed E-state index contributed by atoms with van der Waals surface area (Å²) in [5.41, 5.74) is 1.71. The second-order valence-corrected chi connectivity index (χ2v) is 12.9. The number of carbonyl (C=O) groups is 2. The van der Waals surface area contributed by atoms with Crippen LogP contribution in [0.15, 0.2) is 71.6 Å². The fourth-order valence-corrected chi connectivity index (χ4v) is 5.96. The monoisotopic (exact) mass is 619 g/mol. The molecule has 41 heavy (non-hydrogen) atoms. The molecule has 0 saturated carbocycles. The second-order valence-electron chi connectivity index (χ2n) is 10.1. The molecular weight excluding hydrogens is 585 g/mol. The first-order chi connectivity index (χ1) is 19.3. The van der Waals surface area contributed by atoms with E-state index >= 15 is 0 Å². The van der Waals surface area contributed by atoms with Crippen molar-refractivity contribution in [2.24, 2.45) is 5.92 Å². The minimum atomic E-state index is -4.24. The summed E-state index contributed by atoms with van der Waals surface area (Å²) >= 11 is 12.5. The first kappa shape index (κ1) is 32.2. The molecule has 1 atom stereocenters. The highest BCUT2D eigenvalue weighted by molar-refractivity contribution is 7.92. The van der Waals surface area contributed by atoms with E-state index in [9.17, 15) is 18.0 Å². The molecule has 0 spiro atoms. The molecule has 3 aromatic carbocycles. The van der Waals surface area contributed by atoms with Gasteiger partial charge in [0.15, 0.2) is 0 Å². The molecule has 3 rings (SSSR count). The lowest BCUT2D eigenvalue weighted by Gasteiger charge is -2.32. The molecule has 1 N–H and O–H groups in total. The zero-order valence-electron chi connectivity index (χ0n) is 23.7. The molecule has 11 heteroatoms. The van der Waals surface area contributed by atoms with Crippen molar-refractivity contribution in [1.29, 1.82) is 0 Å². The van der Waals surface area contributed by atoms with Crippen molar-refractivity contribution in [1.82, 2.24) is 10.2 Å². The molecule has 0 aliphatic heterocycles. The van der Waals surface area contributed by atoms with Gasteiger partial charge in [-0.25, -0.2) is 8.42 Å². The Kier molecular flexibility index (Phi) is 11.1. The highest BCUT2D eigenvalue weighted by Gasteiger charge is 2.33. The Labute approximate surface area is 252 Å². The first-order valence-corrected chi connectivity index (χ1v) is 15.3. The third kappa shape index (κ3) is 8.61. The van der Waals surface area contributed by atoms with Gasteiger partial charge < -0.3 is 15.0 Å². The number of hydrogen-bond donors (Lipinski definition) is 1. The van der Waals surface area contributed by atoms with E-state index < -0.39 is 28.5 Å². The molecule has 0 heterocycles. The van der Waals surface area contributed by atoms with Crippen molar-refractivity contribution >= 4 is 50.7 Å². The largest absolute Gasteiger partial charge is 0.497 e. The van der Waals surface area contributed by atoms with Gasteiger partial charge in [-0.2, -0.15) is 0 Å². The summed E-state index contributed by atoms with van der Waals surface area (Å²) in [7, 11) is -2.70. The van der Waals surface area contributed by atoms with E-state index in [-0.39, 0.29) is 39.0 Å². The number of ether oxygens (including phenoxy) is 1. The number of aryl methyl sites for hydroxylation is 1. The van der Waals surface area contributed by atoms with Gasteiger partial charge in [0.1, 0.15) is 18.3 Å². The molecular formula is C30H35Cl2N3O5S. The lowest BCUT2D eigenvalue weighted by Crippen LogP contribution is -2.51. The van der Waals surface area contributed by atoms with Crippen molar-refractivity contribution in [2.75, 3.05) is 24.5 Å². The first-order valence-electron chi connectivity index (χ1n) is 13.1. The second kappa shape index (κ2) is 14.1. The predicted octanol–water partition coefficient (Wildman–Crippen LogP) is 5.70. The molecule has 0 bridgehead atoms. The molecule has 220 valence electrons. The normalized spacial score (nSPS) is 12.1. The van der Waals surface area contributed by atoms with Crippen molar-refractivity contribution in [3.8, 4) is 5.75 Å². The van der Waals surface area contributed by atoms with Gasteiger partial charge >= 0.3 is 0 Å². The summed E-state index contributed by atoms with van der Waals surface area (Å²) in [5.74, 6) is -0.152. The minimum Gasteiger partial charge on any atom is -0.497 e. The lowest BCUT2D eigenvalue weighted by molar-refractivity contribution is -0.139. The SMILES string of the molecule is COc1cccc(CN(C(=O)CN(c2cc(Cl)cc(Cl)c2)S(=O)(=O)c2ccc(C)cc2)[C@H](C)C(=O)NCC(C)C)c1. The molecule has 8 nitrogen and oxygen atoms in total. The van der Waals surface area contributed by atoms with Gasteiger partial charge in [-0.3, -0.25) is 13.9 Å². The fourth-order valence-electron chi connectivity index (χ4n) is 4.05. The highest BCUT2D eigenvalue weighted by atomic mass is 35.5. The summed E-state index contributed by atoms with van der Waals surface area (Å²) in [5, 5.41) is 3.28. The summed E-state index contributed by atoms with van der Waals surface area (Å²) in [6, 6.07) is 16.8. The maximum atomic E-state index is 14.0. The van der Waals surface area contributed by atoms with E-state index in [4.69, 9.17) is 27.9 Å². The number of benzene rings is 3. The molecule has 0 aliphatic rings. The standard InChI is InChI=1S/C30H35Cl2N3O5S/c1-20(2)17-33-30(37)22(4)34(18-23-7-6-8-27(13-23)40-5)29(36)19-35(26-15-24(31)14-25(32)16-26)41(38,39)28-11-9-21(3)10-12-28/h6-16,20,22H,17-19H2,1-5H3,(H,33,37)/t22-/m1/s1. The summed E-state index contributed by atoms with van der Waals surface area (Å²) in [6.07, 6.45) is 0. The van der Waals surface area contributed by atoms with Crippen molar-refractivity contribution in [2.45, 2.75) is 45.2 Å². The number of amides is 2. The molecule has 0 saturated heterocycles. The smallest absolute Gasteiger partial charge is 0.264 e. The van der Waals surface area contributed by atoms with Crippen LogP contribution < -0.4 is 14.4 Å². The Bertz CT molecular complexity index is 1460. The highest BCUT2D eigenvalue weighted by Crippen LogP contribution is 2.30. The van der Waals surface area contributed by atoms with Crippen LogP contribution in [0.4, 0.5) is 5.69 Å². The Morgan fingerprint density at radius 2 is 1.59 bits per heavy atom. The summed E-state index contributed by atoms with van der Waals surface area (Å²) < 4.78 is 34.1. The van der Waals surface area contributed by atoms with Gasteiger partial charge in [0.2, 0.25) is 11.8 Å². The fraction of sp³-hybridized carbons (Fsp3) is 0.333. The zero-order chi connectivity index (χ0) is 30.3. The van der Waals surface area contributed by atoms with Crippen molar-refractivity contribution in [3.05, 3.63) is 87.9 Å². The molecule has 0 radical (unpaired) electrons. The number of rotatable bonds is 12. The third-order valence-corrected chi connectivity index (χ3v) is 8.59. The van der Waals surface area contributed by atoms with Gasteiger partial charge in [-0.15, -0.1) is 0 Å². The zero-order valence-corrected chi connectivity index (χ0v) is 26.1. The van der Waals surface area contributed by atoms with Crippen molar-refractivity contribution < 1.29 is 22.7 Å². The average Bonchev–Trinajstić information content (AvgIpc) is 2.92. The van der Waals surface area contributed by atoms with Crippen molar-refractivity contribution in [3.63, 3.8) is 0 Å². The summed E-state index contributed by atoms with van der Waals surface area (Å²) in [4.78, 5) is 28.5. The molecule has 3 aromatic rings. The van der Waals surface area contributed by atoms with Crippen LogP contribution in [0.25, 0.3) is 0 Å². The molecule has 0 fully saturated rings. The van der Waals surface area contributed by atoms with Crippen LogP contribution in [0, 0.1) is 12.8 Å². The minimum absolute atomic E-state index is 0.00549. The van der Waals surface area contributed by atoms with Crippen LogP contribution in [0.5, 0.6) is 5.75 Å². The van der Waals surface area contributed by atoms with E-state index in [1.54, 1.807) is 43.3 Å². The maximum absolute atomic E-state index is 14.0. The Morgan fingerprint density at radius 1 is 0.951 bits per heavy atom. The average molecular weight is 621 g/mol. The van der Waals surface area contributed by atoms with Crippen LogP contribution in [-0.2, 0) is 26.2 Å². The van der Waals surface area contributed by atoms with E-state index in [1.165, 1.54) is 42.3 Å². The van der Waals surface area contributed by atoms with E-state index in [2.05, 4.69) is 5.32 Å². The number of carbonyl (C=O) groups excluding carboxylic acids is 2. The van der Waals surface area contributed by atoms with Gasteiger partial charge in [-0.1, -0.05) is 66.9 Å². The molecule has 0 aliphatic carbocycles. The Hall–Kier alpha value is -3.27. The lowest BCUT2D eigenvalue weighted by atomic mass is 10.1. The molecule has 0 unspecified atom stereocenters. The number of anilines is 1. The van der Waals surface area contributed by atoms with Crippen LogP contribution in [-0.4, -0.2) is 51.4 Å². The Morgan fingerprint density at radius 3 is 2.17 bits per heavy atom. The molecule has 2 amide bonds. The number of nitrogens with one attached hydrogen (secondary N) is 1. The molecule has 0 aromatic heterocycles. The number of hydrogen-bond acceptors (Lipinski definition) is 5. The quantitative estimate of drug-likeness (QED) is 0.281. The number of methoxy groups -OCH3 is 1. The van der Waals surface area contributed by atoms with Gasteiger partial charge in [0.05, 0.1) is 17.7 Å². The Balaban J connectivity index is 2.05. The topological polar surface area (TPSA) is 96.0 Å². The number of nitrogens with zero attached hydrogens (tertiary/aromatic N) is 2. The predicted molar refractivity (Wildman–Crippen MR) is 163 cm³/mol. The van der Waals surface area contributed by atoms with Crippen LogP contribution in [0.2, 0.25) is 10.0 Å². The van der Waals surface area contributed by atoms with E-state index in [1.807, 2.05) is 20.8 Å². The van der Waals surface area contributed by atoms with Crippen LogP contribution >= 0.6 is 23.2 Å². The van der Waals surface area contributed by atoms with Gasteiger partial charge in [0.25, 0.3) is 10.0 Å². The van der Waals surface area contributed by atoms with Crippen LogP contribution in [0.1, 0.15) is 31.9 Å². The van der Waals surface area contributed by atoms with Gasteiger partial charge in [-0.05, 0) is 67.8 Å². The van der Waals surface area contributed by atoms with E-state index in [0.717, 1.165) is 9.87 Å². The third-order valence-electron chi connectivity index (χ3n) is 6.36. The van der Waals surface area contributed by atoms with Gasteiger partial charge in [0, 0.05) is 23.1 Å². The van der Waals surface area contributed by atoms with Crippen LogP contribution in [0.3, 0.4) is 0 Å². The maximum Gasteiger partial charge on any atom is 0.264 e.